The number of hydrogen-bond acceptors (Lipinski definition) is 3. The fourth-order valence-electron chi connectivity index (χ4n) is 2.46. The molecule has 0 fully saturated rings. The number of benzene rings is 1. The summed E-state index contributed by atoms with van der Waals surface area (Å²) < 4.78 is 0. The van der Waals surface area contributed by atoms with Gasteiger partial charge in [-0.05, 0) is 24.6 Å². The van der Waals surface area contributed by atoms with Crippen molar-refractivity contribution in [1.29, 1.82) is 0 Å². The maximum atomic E-state index is 6.40. The quantitative estimate of drug-likeness (QED) is 0.779. The minimum Gasteiger partial charge on any atom is -0.348 e. The van der Waals surface area contributed by atoms with Crippen LogP contribution >= 0.6 is 23.2 Å². The van der Waals surface area contributed by atoms with E-state index in [9.17, 15) is 0 Å². The molecule has 4 nitrogen and oxygen atoms in total. The topological polar surface area (TPSA) is 54.5 Å². The van der Waals surface area contributed by atoms with Crippen LogP contribution in [0, 0.1) is 6.92 Å². The summed E-state index contributed by atoms with van der Waals surface area (Å²) in [4.78, 5) is 15.9. The summed E-state index contributed by atoms with van der Waals surface area (Å²) in [5.41, 5.74) is 2.87. The van der Waals surface area contributed by atoms with Crippen molar-refractivity contribution in [3.63, 3.8) is 0 Å². The highest BCUT2D eigenvalue weighted by atomic mass is 35.5. The van der Waals surface area contributed by atoms with Crippen molar-refractivity contribution in [2.45, 2.75) is 19.3 Å². The summed E-state index contributed by atoms with van der Waals surface area (Å²) in [7, 11) is 0. The van der Waals surface area contributed by atoms with Gasteiger partial charge in [-0.3, -0.25) is 0 Å². The van der Waals surface area contributed by atoms with Crippen molar-refractivity contribution in [3.8, 4) is 0 Å². The van der Waals surface area contributed by atoms with Gasteiger partial charge >= 0.3 is 0 Å². The van der Waals surface area contributed by atoms with Gasteiger partial charge in [0.2, 0.25) is 0 Å². The first kappa shape index (κ1) is 15.0. The number of aromatic amines is 1. The number of halogens is 2. The van der Waals surface area contributed by atoms with E-state index in [0.717, 1.165) is 22.8 Å². The van der Waals surface area contributed by atoms with E-state index in [2.05, 4.69) is 19.9 Å². The molecule has 1 aromatic carbocycles. The van der Waals surface area contributed by atoms with Crippen LogP contribution in [0.2, 0.25) is 10.0 Å². The zero-order valence-electron chi connectivity index (χ0n) is 11.9. The van der Waals surface area contributed by atoms with E-state index in [-0.39, 0.29) is 5.92 Å². The number of imidazole rings is 1. The average molecular weight is 333 g/mol. The summed E-state index contributed by atoms with van der Waals surface area (Å²) in [6.07, 6.45) is 5.91. The van der Waals surface area contributed by atoms with E-state index in [1.165, 1.54) is 0 Å². The van der Waals surface area contributed by atoms with Gasteiger partial charge in [0.1, 0.15) is 5.82 Å². The van der Waals surface area contributed by atoms with Crippen LogP contribution in [0.5, 0.6) is 0 Å². The molecule has 0 saturated carbocycles. The molecule has 0 aliphatic heterocycles. The first-order valence-corrected chi connectivity index (χ1v) is 7.61. The highest BCUT2D eigenvalue weighted by molar-refractivity contribution is 6.42. The standard InChI is InChI=1S/C16H14Cl2N4/c1-10-20-6-5-11(22-10)7-13(15-8-19-9-21-15)12-3-2-4-14(17)16(12)18/h2-6,8-9,13H,7H2,1H3,(H,19,21). The maximum Gasteiger partial charge on any atom is 0.125 e. The largest absolute Gasteiger partial charge is 0.348 e. The van der Waals surface area contributed by atoms with Crippen molar-refractivity contribution in [1.82, 2.24) is 19.9 Å². The molecule has 0 amide bonds. The lowest BCUT2D eigenvalue weighted by Crippen LogP contribution is -2.08. The lowest BCUT2D eigenvalue weighted by molar-refractivity contribution is 0.753. The van der Waals surface area contributed by atoms with E-state index in [1.807, 2.05) is 25.1 Å². The minimum atomic E-state index is 0.00278. The number of nitrogens with one attached hydrogen (secondary N) is 1. The molecular weight excluding hydrogens is 319 g/mol. The van der Waals surface area contributed by atoms with Crippen molar-refractivity contribution >= 4 is 23.2 Å². The van der Waals surface area contributed by atoms with Gasteiger partial charge in [0.15, 0.2) is 0 Å². The van der Waals surface area contributed by atoms with Gasteiger partial charge in [0.05, 0.1) is 16.4 Å². The number of hydrogen-bond donors (Lipinski definition) is 1. The molecule has 0 bridgehead atoms. The SMILES string of the molecule is Cc1nccc(CC(c2cnc[nH]2)c2cccc(Cl)c2Cl)n1. The number of aryl methyl sites for hydroxylation is 1. The lowest BCUT2D eigenvalue weighted by atomic mass is 9.91. The fourth-order valence-corrected chi connectivity index (χ4v) is 2.90. The smallest absolute Gasteiger partial charge is 0.125 e. The highest BCUT2D eigenvalue weighted by Crippen LogP contribution is 2.35. The number of rotatable bonds is 4. The minimum absolute atomic E-state index is 0.00278. The summed E-state index contributed by atoms with van der Waals surface area (Å²) in [5.74, 6) is 0.751. The van der Waals surface area contributed by atoms with E-state index in [4.69, 9.17) is 23.2 Å². The number of nitrogens with zero attached hydrogens (tertiary/aromatic N) is 3. The second kappa shape index (κ2) is 6.46. The Morgan fingerprint density at radius 1 is 1.23 bits per heavy atom. The third-order valence-corrected chi connectivity index (χ3v) is 4.33. The van der Waals surface area contributed by atoms with Crippen LogP contribution in [0.15, 0.2) is 43.0 Å². The molecule has 6 heteroatoms. The first-order valence-electron chi connectivity index (χ1n) is 6.86. The van der Waals surface area contributed by atoms with E-state index in [1.54, 1.807) is 24.8 Å². The zero-order valence-corrected chi connectivity index (χ0v) is 13.4. The van der Waals surface area contributed by atoms with Gasteiger partial charge in [0, 0.05) is 36.1 Å². The normalized spacial score (nSPS) is 12.3. The van der Waals surface area contributed by atoms with Crippen molar-refractivity contribution < 1.29 is 0 Å². The van der Waals surface area contributed by atoms with Crippen LogP contribution in [0.4, 0.5) is 0 Å². The monoisotopic (exact) mass is 332 g/mol. The summed E-state index contributed by atoms with van der Waals surface area (Å²) >= 11 is 12.6. The van der Waals surface area contributed by atoms with Gasteiger partial charge in [-0.25, -0.2) is 15.0 Å². The maximum absolute atomic E-state index is 6.40. The molecule has 0 saturated heterocycles. The van der Waals surface area contributed by atoms with Crippen LogP contribution in [0.1, 0.15) is 28.7 Å². The van der Waals surface area contributed by atoms with E-state index in [0.29, 0.717) is 16.5 Å². The zero-order chi connectivity index (χ0) is 15.5. The molecule has 3 rings (SSSR count). The fraction of sp³-hybridized carbons (Fsp3) is 0.188. The lowest BCUT2D eigenvalue weighted by Gasteiger charge is -2.17. The number of aromatic nitrogens is 4. The molecule has 112 valence electrons. The van der Waals surface area contributed by atoms with Gasteiger partial charge in [-0.15, -0.1) is 0 Å². The Morgan fingerprint density at radius 2 is 2.09 bits per heavy atom. The molecule has 2 heterocycles. The van der Waals surface area contributed by atoms with E-state index < -0.39 is 0 Å². The molecule has 0 radical (unpaired) electrons. The molecule has 2 aromatic heterocycles. The predicted molar refractivity (Wildman–Crippen MR) is 87.4 cm³/mol. The molecule has 0 aliphatic carbocycles. The third kappa shape index (κ3) is 3.13. The summed E-state index contributed by atoms with van der Waals surface area (Å²) in [6, 6.07) is 7.58. The Kier molecular flexibility index (Phi) is 4.41. The molecule has 1 atom stereocenters. The molecular formula is C16H14Cl2N4. The molecule has 22 heavy (non-hydrogen) atoms. The van der Waals surface area contributed by atoms with Gasteiger partial charge < -0.3 is 4.98 Å². The first-order chi connectivity index (χ1) is 10.6. The van der Waals surface area contributed by atoms with Crippen LogP contribution < -0.4 is 0 Å². The third-order valence-electron chi connectivity index (χ3n) is 3.50. The molecule has 0 aliphatic rings. The van der Waals surface area contributed by atoms with Gasteiger partial charge in [0.25, 0.3) is 0 Å². The molecule has 3 aromatic rings. The Morgan fingerprint density at radius 3 is 2.82 bits per heavy atom. The van der Waals surface area contributed by atoms with Crippen molar-refractivity contribution in [3.05, 3.63) is 75.8 Å². The van der Waals surface area contributed by atoms with Crippen LogP contribution in [-0.4, -0.2) is 19.9 Å². The molecule has 1 N–H and O–H groups in total. The van der Waals surface area contributed by atoms with Gasteiger partial charge in [-0.1, -0.05) is 35.3 Å². The Balaban J connectivity index is 2.03. The summed E-state index contributed by atoms with van der Waals surface area (Å²) in [6.45, 7) is 1.88. The molecule has 1 unspecified atom stereocenters. The molecule has 0 spiro atoms. The van der Waals surface area contributed by atoms with Crippen LogP contribution in [0.25, 0.3) is 0 Å². The highest BCUT2D eigenvalue weighted by Gasteiger charge is 2.21. The Hall–Kier alpha value is -1.91. The van der Waals surface area contributed by atoms with E-state index >= 15 is 0 Å². The second-order valence-corrected chi connectivity index (χ2v) is 5.79. The van der Waals surface area contributed by atoms with Gasteiger partial charge in [-0.2, -0.15) is 0 Å². The summed E-state index contributed by atoms with van der Waals surface area (Å²) in [5, 5.41) is 1.11. The van der Waals surface area contributed by atoms with Crippen LogP contribution in [0.3, 0.4) is 0 Å². The Bertz CT molecular complexity index is 772. The second-order valence-electron chi connectivity index (χ2n) is 5.00. The van der Waals surface area contributed by atoms with Crippen molar-refractivity contribution in [2.24, 2.45) is 0 Å². The van der Waals surface area contributed by atoms with Crippen molar-refractivity contribution in [2.75, 3.05) is 0 Å². The Labute approximate surface area is 138 Å². The van der Waals surface area contributed by atoms with Crippen LogP contribution in [-0.2, 0) is 6.42 Å². The number of H-pyrrole nitrogens is 1. The predicted octanol–water partition coefficient (Wildman–Crippen LogP) is 4.19. The average Bonchev–Trinajstić information content (AvgIpc) is 3.02.